The lowest BCUT2D eigenvalue weighted by atomic mass is 9.89. The molecule has 0 saturated carbocycles. The Morgan fingerprint density at radius 1 is 0.923 bits per heavy atom. The Bertz CT molecular complexity index is 787. The number of benzene rings is 2. The molecule has 0 spiro atoms. The molecule has 2 rings (SSSR count). The number of hydrogen-bond donors (Lipinski definition) is 2. The van der Waals surface area contributed by atoms with Gasteiger partial charge >= 0.3 is 0 Å². The lowest BCUT2D eigenvalue weighted by molar-refractivity contribution is -0.138. The number of nitrogens with one attached hydrogen (secondary N) is 2. The summed E-state index contributed by atoms with van der Waals surface area (Å²) in [6, 6.07) is 13.6. The quantitative estimate of drug-likeness (QED) is 0.781. The second-order valence-electron chi connectivity index (χ2n) is 7.46. The van der Waals surface area contributed by atoms with E-state index in [0.717, 1.165) is 27.9 Å². The molecule has 26 heavy (non-hydrogen) atoms. The highest BCUT2D eigenvalue weighted by molar-refractivity contribution is 6.10. The minimum Gasteiger partial charge on any atom is -0.349 e. The van der Waals surface area contributed by atoms with Gasteiger partial charge in [0.05, 0.1) is 6.04 Å². The second kappa shape index (κ2) is 7.73. The number of anilines is 1. The van der Waals surface area contributed by atoms with E-state index in [2.05, 4.69) is 10.6 Å². The van der Waals surface area contributed by atoms with E-state index in [-0.39, 0.29) is 17.9 Å². The van der Waals surface area contributed by atoms with Crippen molar-refractivity contribution in [1.82, 2.24) is 5.32 Å². The van der Waals surface area contributed by atoms with Crippen LogP contribution in [0, 0.1) is 26.2 Å². The van der Waals surface area contributed by atoms with Crippen molar-refractivity contribution in [2.45, 2.75) is 47.6 Å². The van der Waals surface area contributed by atoms with Gasteiger partial charge in [-0.1, -0.05) is 48.0 Å². The fraction of sp³-hybridized carbons (Fsp3) is 0.364. The first-order valence-corrected chi connectivity index (χ1v) is 8.88. The topological polar surface area (TPSA) is 58.2 Å². The van der Waals surface area contributed by atoms with Gasteiger partial charge in [0.25, 0.3) is 0 Å². The van der Waals surface area contributed by atoms with Crippen LogP contribution >= 0.6 is 0 Å². The lowest BCUT2D eigenvalue weighted by Gasteiger charge is -2.26. The van der Waals surface area contributed by atoms with Gasteiger partial charge in [-0.3, -0.25) is 9.59 Å². The molecule has 0 saturated heterocycles. The minimum atomic E-state index is -1.19. The molecule has 138 valence electrons. The molecule has 2 N–H and O–H groups in total. The fourth-order valence-corrected chi connectivity index (χ4v) is 2.95. The van der Waals surface area contributed by atoms with Crippen LogP contribution in [0.3, 0.4) is 0 Å². The van der Waals surface area contributed by atoms with Crippen LogP contribution in [0.1, 0.15) is 49.1 Å². The molecule has 2 amide bonds. The summed E-state index contributed by atoms with van der Waals surface area (Å²) >= 11 is 0. The highest BCUT2D eigenvalue weighted by atomic mass is 16.2. The average molecular weight is 352 g/mol. The maximum Gasteiger partial charge on any atom is 0.239 e. The van der Waals surface area contributed by atoms with Crippen LogP contribution in [0.2, 0.25) is 0 Å². The number of hydrogen-bond acceptors (Lipinski definition) is 2. The molecule has 4 nitrogen and oxygen atoms in total. The van der Waals surface area contributed by atoms with Crippen LogP contribution in [0.4, 0.5) is 5.69 Å². The molecule has 0 fully saturated rings. The number of amides is 2. The lowest BCUT2D eigenvalue weighted by Crippen LogP contribution is -2.46. The van der Waals surface area contributed by atoms with Gasteiger partial charge in [-0.05, 0) is 58.2 Å². The first-order chi connectivity index (χ1) is 12.1. The summed E-state index contributed by atoms with van der Waals surface area (Å²) < 4.78 is 0. The van der Waals surface area contributed by atoms with E-state index < -0.39 is 5.41 Å². The standard InChI is InChI=1S/C22H28N2O2/c1-14-12-15(2)19(16(3)13-14)24-21(26)22(5,6)20(25)23-17(4)18-10-8-7-9-11-18/h7-13,17H,1-6H3,(H,23,25)(H,24,26). The van der Waals surface area contributed by atoms with E-state index in [1.807, 2.05) is 70.2 Å². The predicted octanol–water partition coefficient (Wildman–Crippen LogP) is 4.45. The molecule has 4 heteroatoms. The van der Waals surface area contributed by atoms with Crippen molar-refractivity contribution in [2.24, 2.45) is 5.41 Å². The highest BCUT2D eigenvalue weighted by Gasteiger charge is 2.37. The number of carbonyl (C=O) groups excluding carboxylic acids is 2. The SMILES string of the molecule is Cc1cc(C)c(NC(=O)C(C)(C)C(=O)NC(C)c2ccccc2)c(C)c1. The van der Waals surface area contributed by atoms with Crippen molar-refractivity contribution in [3.63, 3.8) is 0 Å². The van der Waals surface area contributed by atoms with Crippen molar-refractivity contribution in [1.29, 1.82) is 0 Å². The van der Waals surface area contributed by atoms with E-state index in [4.69, 9.17) is 0 Å². The van der Waals surface area contributed by atoms with Gasteiger partial charge in [-0.15, -0.1) is 0 Å². The highest BCUT2D eigenvalue weighted by Crippen LogP contribution is 2.26. The normalized spacial score (nSPS) is 12.4. The molecule has 0 bridgehead atoms. The van der Waals surface area contributed by atoms with E-state index in [1.165, 1.54) is 0 Å². The molecule has 1 unspecified atom stereocenters. The Balaban J connectivity index is 2.13. The zero-order valence-corrected chi connectivity index (χ0v) is 16.4. The molecular weight excluding hydrogens is 324 g/mol. The molecule has 0 heterocycles. The molecule has 0 aliphatic rings. The van der Waals surface area contributed by atoms with Crippen LogP contribution in [0.5, 0.6) is 0 Å². The summed E-state index contributed by atoms with van der Waals surface area (Å²) in [4.78, 5) is 25.5. The van der Waals surface area contributed by atoms with Crippen LogP contribution in [0.25, 0.3) is 0 Å². The molecule has 2 aromatic carbocycles. The molecular formula is C22H28N2O2. The summed E-state index contributed by atoms with van der Waals surface area (Å²) in [6.07, 6.45) is 0. The molecule has 0 aromatic heterocycles. The molecule has 0 aliphatic heterocycles. The summed E-state index contributed by atoms with van der Waals surface area (Å²) in [6.45, 7) is 11.1. The van der Waals surface area contributed by atoms with Crippen molar-refractivity contribution in [3.8, 4) is 0 Å². The van der Waals surface area contributed by atoms with E-state index >= 15 is 0 Å². The number of aryl methyl sites for hydroxylation is 3. The molecule has 2 aromatic rings. The maximum absolute atomic E-state index is 12.8. The Morgan fingerprint density at radius 2 is 1.46 bits per heavy atom. The first-order valence-electron chi connectivity index (χ1n) is 8.88. The zero-order valence-electron chi connectivity index (χ0n) is 16.4. The van der Waals surface area contributed by atoms with E-state index in [9.17, 15) is 9.59 Å². The van der Waals surface area contributed by atoms with Gasteiger partial charge < -0.3 is 10.6 Å². The monoisotopic (exact) mass is 352 g/mol. The summed E-state index contributed by atoms with van der Waals surface area (Å²) in [5.74, 6) is -0.612. The van der Waals surface area contributed by atoms with Crippen molar-refractivity contribution < 1.29 is 9.59 Å². The van der Waals surface area contributed by atoms with Gasteiger partial charge in [-0.25, -0.2) is 0 Å². The van der Waals surface area contributed by atoms with Crippen molar-refractivity contribution in [2.75, 3.05) is 5.32 Å². The average Bonchev–Trinajstić information content (AvgIpc) is 2.58. The third kappa shape index (κ3) is 4.31. The third-order valence-corrected chi connectivity index (χ3v) is 4.70. The van der Waals surface area contributed by atoms with Crippen LogP contribution in [-0.4, -0.2) is 11.8 Å². The number of carbonyl (C=O) groups is 2. The minimum absolute atomic E-state index is 0.168. The number of rotatable bonds is 5. The zero-order chi connectivity index (χ0) is 19.5. The fourth-order valence-electron chi connectivity index (χ4n) is 2.95. The largest absolute Gasteiger partial charge is 0.349 e. The second-order valence-corrected chi connectivity index (χ2v) is 7.46. The van der Waals surface area contributed by atoms with Crippen molar-refractivity contribution in [3.05, 3.63) is 64.7 Å². The Morgan fingerprint density at radius 3 is 2.00 bits per heavy atom. The summed E-state index contributed by atoms with van der Waals surface area (Å²) in [5.41, 5.74) is 3.72. The molecule has 0 radical (unpaired) electrons. The molecule has 1 atom stereocenters. The molecule has 0 aliphatic carbocycles. The van der Waals surface area contributed by atoms with Gasteiger partial charge in [-0.2, -0.15) is 0 Å². The van der Waals surface area contributed by atoms with Gasteiger partial charge in [0, 0.05) is 5.69 Å². The summed E-state index contributed by atoms with van der Waals surface area (Å²) in [7, 11) is 0. The maximum atomic E-state index is 12.8. The van der Waals surface area contributed by atoms with Crippen LogP contribution < -0.4 is 10.6 Å². The van der Waals surface area contributed by atoms with Gasteiger partial charge in [0.15, 0.2) is 0 Å². The van der Waals surface area contributed by atoms with E-state index in [1.54, 1.807) is 13.8 Å². The Labute approximate surface area is 156 Å². The first kappa shape index (κ1) is 19.7. The van der Waals surface area contributed by atoms with Crippen LogP contribution in [0.15, 0.2) is 42.5 Å². The summed E-state index contributed by atoms with van der Waals surface area (Å²) in [5, 5.41) is 5.88. The predicted molar refractivity (Wildman–Crippen MR) is 106 cm³/mol. The van der Waals surface area contributed by atoms with E-state index in [0.29, 0.717) is 0 Å². The van der Waals surface area contributed by atoms with Crippen molar-refractivity contribution >= 4 is 17.5 Å². The van der Waals surface area contributed by atoms with Gasteiger partial charge in [0.2, 0.25) is 11.8 Å². The Hall–Kier alpha value is -2.62. The smallest absolute Gasteiger partial charge is 0.239 e. The Kier molecular flexibility index (Phi) is 5.86. The third-order valence-electron chi connectivity index (χ3n) is 4.70. The van der Waals surface area contributed by atoms with Gasteiger partial charge in [0.1, 0.15) is 5.41 Å². The van der Waals surface area contributed by atoms with Crippen LogP contribution in [-0.2, 0) is 9.59 Å².